The smallest absolute Gasteiger partial charge is 0.335 e. The number of carboxylic acid groups (broad SMARTS) is 1. The number of carboxylic acids is 1. The molecule has 0 aromatic rings. The molecule has 5 aliphatic carbocycles. The third-order valence-electron chi connectivity index (χ3n) is 22.6. The van der Waals surface area contributed by atoms with Crippen molar-refractivity contribution in [3.8, 4) is 0 Å². The number of aliphatic hydroxyl groups excluding tert-OH is 13. The van der Waals surface area contributed by atoms with Crippen molar-refractivity contribution in [1.82, 2.24) is 0 Å². The van der Waals surface area contributed by atoms with Crippen LogP contribution in [0.1, 0.15) is 107 Å². The predicted octanol–water partition coefficient (Wildman–Crippen LogP) is -2.65. The maximum atomic E-state index is 14.2. The van der Waals surface area contributed by atoms with Crippen molar-refractivity contribution in [2.45, 2.75) is 248 Å². The van der Waals surface area contributed by atoms with Crippen molar-refractivity contribution < 1.29 is 138 Å². The first-order valence-electron chi connectivity index (χ1n) is 30.4. The van der Waals surface area contributed by atoms with Crippen LogP contribution in [0.3, 0.4) is 0 Å². The van der Waals surface area contributed by atoms with E-state index in [4.69, 9.17) is 47.4 Å². The van der Waals surface area contributed by atoms with Gasteiger partial charge in [0, 0.05) is 17.9 Å². The number of hydrogen-bond acceptors (Lipinski definition) is 27. The van der Waals surface area contributed by atoms with Gasteiger partial charge < -0.3 is 124 Å². The quantitative estimate of drug-likeness (QED) is 0.0247. The third kappa shape index (κ3) is 11.3. The van der Waals surface area contributed by atoms with Gasteiger partial charge in [-0.3, -0.25) is 4.79 Å². The number of aldehydes is 1. The number of carbonyl (C=O) groups is 4. The molecule has 500 valence electrons. The molecule has 4 aliphatic heterocycles. The van der Waals surface area contributed by atoms with Gasteiger partial charge in [-0.25, -0.2) is 9.59 Å². The molecule has 4 heterocycles. The van der Waals surface area contributed by atoms with Crippen LogP contribution < -0.4 is 0 Å². The molecule has 0 aromatic heterocycles. The van der Waals surface area contributed by atoms with Gasteiger partial charge in [-0.15, -0.1) is 0 Å². The molecule has 0 aromatic carbocycles. The van der Waals surface area contributed by atoms with E-state index in [0.29, 0.717) is 37.7 Å². The molecule has 9 aliphatic rings. The van der Waals surface area contributed by atoms with Gasteiger partial charge in [-0.1, -0.05) is 59.3 Å². The Balaban J connectivity index is 1.05. The van der Waals surface area contributed by atoms with Crippen molar-refractivity contribution in [2.75, 3.05) is 26.4 Å². The van der Waals surface area contributed by atoms with E-state index in [0.717, 1.165) is 11.9 Å². The fraction of sp³-hybridized carbons (Fsp3) is 0.867. The van der Waals surface area contributed by atoms with Gasteiger partial charge in [0.1, 0.15) is 111 Å². The molecule has 0 bridgehead atoms. The summed E-state index contributed by atoms with van der Waals surface area (Å²) in [6.07, 6.45) is -35.7. The van der Waals surface area contributed by atoms with Crippen molar-refractivity contribution >= 4 is 24.2 Å². The highest BCUT2D eigenvalue weighted by Gasteiger charge is 2.74. The van der Waals surface area contributed by atoms with Gasteiger partial charge in [0.25, 0.3) is 0 Å². The molecule has 0 spiro atoms. The second kappa shape index (κ2) is 25.6. The fourth-order valence-corrected chi connectivity index (χ4v) is 17.2. The van der Waals surface area contributed by atoms with Crippen molar-refractivity contribution in [3.63, 3.8) is 0 Å². The second-order valence-electron chi connectivity index (χ2n) is 27.8. The van der Waals surface area contributed by atoms with Crippen LogP contribution in [0.4, 0.5) is 0 Å². The number of esters is 2. The summed E-state index contributed by atoms with van der Waals surface area (Å²) in [7, 11) is 0. The minimum atomic E-state index is -2.32. The Kier molecular flexibility index (Phi) is 20.1. The number of hydrogen-bond donors (Lipinski definition) is 14. The molecule has 4 saturated heterocycles. The molecule has 14 N–H and O–H groups in total. The number of carbonyl (C=O) groups excluding carboxylic acids is 3. The highest BCUT2D eigenvalue weighted by molar-refractivity contribution is 5.87. The van der Waals surface area contributed by atoms with Gasteiger partial charge in [0.05, 0.1) is 42.9 Å². The average Bonchev–Trinajstić information content (AvgIpc) is 0.673. The minimum absolute atomic E-state index is 0.0926. The van der Waals surface area contributed by atoms with E-state index < -0.39 is 223 Å². The Morgan fingerprint density at radius 1 is 0.670 bits per heavy atom. The molecule has 0 radical (unpaired) electrons. The molecule has 31 atom stereocenters. The van der Waals surface area contributed by atoms with Gasteiger partial charge in [0.2, 0.25) is 0 Å². The highest BCUT2D eigenvalue weighted by atomic mass is 16.8. The maximum Gasteiger partial charge on any atom is 0.335 e. The molecule has 88 heavy (non-hydrogen) atoms. The first-order chi connectivity index (χ1) is 41.2. The first-order valence-corrected chi connectivity index (χ1v) is 30.4. The molecule has 4 saturated carbocycles. The lowest BCUT2D eigenvalue weighted by molar-refractivity contribution is -0.400. The molecule has 28 heteroatoms. The predicted molar refractivity (Wildman–Crippen MR) is 295 cm³/mol. The third-order valence-corrected chi connectivity index (χ3v) is 22.6. The molecule has 9 rings (SSSR count). The lowest BCUT2D eigenvalue weighted by Crippen LogP contribution is -2.72. The van der Waals surface area contributed by atoms with E-state index in [1.54, 1.807) is 26.8 Å². The standard InChI is InChI=1S/C60H92O28/c1-10-24(2)50(78)88-48-47(75)60(23-80-25(3)64)27(17-55(48,4)5)26-11-12-32-56(6)15-14-34(57(7,22-63)31(56)13-16-58(32,8)59(26,9)18-33(60)66)83-54-46(87-52-41(73)39(71)37(69)30(20-62)82-52)43(42(74)44(85-54)49(76)77)84-53-45(35(67)28(65)21-79-53)86-51-40(72)38(70)36(68)29(19-61)81-51/h10-11,22,27-48,51-54,61-62,65-75H,12-21,23H2,1-9H3,(H,76,77)/b24-10-/t27-,28-,29-,30+,31+,32+,33+,34-,35-,36+,37-,38-,39-,40-,41+,42-,43-,44-,45+,46+,47-,48-,51-,52-,53-,54+,56-,57-,58+,59+,60-/m0/s1. The number of aliphatic carboxylic acids is 1. The summed E-state index contributed by atoms with van der Waals surface area (Å²) in [5.74, 6) is -4.25. The average molecular weight is 1260 g/mol. The lowest BCUT2D eigenvalue weighted by atomic mass is 9.33. The van der Waals surface area contributed by atoms with Crippen LogP contribution in [0.15, 0.2) is 23.3 Å². The zero-order valence-corrected chi connectivity index (χ0v) is 51.0. The molecule has 8 fully saturated rings. The van der Waals surface area contributed by atoms with Crippen LogP contribution in [-0.4, -0.2) is 263 Å². The molecular weight excluding hydrogens is 1170 g/mol. The van der Waals surface area contributed by atoms with Gasteiger partial charge in [-0.05, 0) is 92.8 Å². The molecule has 0 unspecified atom stereocenters. The number of allylic oxidation sites excluding steroid dienone is 3. The number of aliphatic hydroxyl groups is 13. The van der Waals surface area contributed by atoms with Crippen LogP contribution in [0.5, 0.6) is 0 Å². The second-order valence-corrected chi connectivity index (χ2v) is 27.8. The van der Waals surface area contributed by atoms with Gasteiger partial charge in [-0.2, -0.15) is 0 Å². The Morgan fingerprint density at radius 2 is 1.26 bits per heavy atom. The van der Waals surface area contributed by atoms with E-state index in [1.807, 2.05) is 13.8 Å². The van der Waals surface area contributed by atoms with E-state index in [9.17, 15) is 90.7 Å². The van der Waals surface area contributed by atoms with Crippen molar-refractivity contribution in [1.29, 1.82) is 0 Å². The van der Waals surface area contributed by atoms with Crippen LogP contribution in [-0.2, 0) is 66.5 Å². The molecular formula is C60H92O28. The van der Waals surface area contributed by atoms with E-state index >= 15 is 0 Å². The lowest BCUT2D eigenvalue weighted by Gasteiger charge is -2.72. The Hall–Kier alpha value is -3.28. The summed E-state index contributed by atoms with van der Waals surface area (Å²) >= 11 is 0. The molecule has 0 amide bonds. The van der Waals surface area contributed by atoms with Gasteiger partial charge in [0.15, 0.2) is 31.3 Å². The van der Waals surface area contributed by atoms with Gasteiger partial charge >= 0.3 is 17.9 Å². The summed E-state index contributed by atoms with van der Waals surface area (Å²) in [6.45, 7) is 13.6. The Morgan fingerprint density at radius 3 is 1.82 bits per heavy atom. The summed E-state index contributed by atoms with van der Waals surface area (Å²) in [5.41, 5.74) is -4.52. The summed E-state index contributed by atoms with van der Waals surface area (Å²) in [6, 6.07) is 0. The SMILES string of the molecule is C/C=C(/C)C(=O)O[C@H]1[C@H](O)[C@]2(COC(C)=O)[C@H](O)C[C@]3(C)C(=CC[C@@H]4[C@@]5(C)CC[C@H](O[C@@H]6O[C@H](C(=O)O)[C@@H](O)[C@H](O[C@@H]7OC[C@H](O)[C@H](O)[C@H]7O[C@@H]7O[C@@H](CO)[C@@H](O)[C@H](O)[C@@H]7O)[C@H]6O[C@@H]6O[C@H](CO)[C@H](O)[C@H](O)[C@H]6O)[C@@](C)(C=O)[C@@H]5CC[C@]43C)[C@@H]2CC1(C)C. The van der Waals surface area contributed by atoms with E-state index in [-0.39, 0.29) is 25.4 Å². The number of fused-ring (bicyclic) bond motifs is 7. The highest BCUT2D eigenvalue weighted by Crippen LogP contribution is 2.76. The Bertz CT molecular complexity index is 2600. The van der Waals surface area contributed by atoms with E-state index in [2.05, 4.69) is 26.8 Å². The molecule has 28 nitrogen and oxygen atoms in total. The van der Waals surface area contributed by atoms with Crippen LogP contribution in [0.2, 0.25) is 0 Å². The monoisotopic (exact) mass is 1260 g/mol. The normalized spacial score (nSPS) is 51.1. The van der Waals surface area contributed by atoms with Crippen LogP contribution in [0.25, 0.3) is 0 Å². The van der Waals surface area contributed by atoms with Crippen molar-refractivity contribution in [2.24, 2.45) is 50.2 Å². The number of rotatable bonds is 16. The largest absolute Gasteiger partial charge is 0.479 e. The van der Waals surface area contributed by atoms with Crippen LogP contribution >= 0.6 is 0 Å². The van der Waals surface area contributed by atoms with Crippen LogP contribution in [0, 0.1) is 50.2 Å². The van der Waals surface area contributed by atoms with Crippen molar-refractivity contribution in [3.05, 3.63) is 23.3 Å². The van der Waals surface area contributed by atoms with E-state index in [1.165, 1.54) is 6.92 Å². The summed E-state index contributed by atoms with van der Waals surface area (Å²) < 4.78 is 60.1. The maximum absolute atomic E-state index is 14.2. The topological polar surface area (TPSA) is 444 Å². The fourth-order valence-electron chi connectivity index (χ4n) is 17.2. The zero-order chi connectivity index (χ0) is 64.9. The summed E-state index contributed by atoms with van der Waals surface area (Å²) in [5, 5.41) is 155. The Labute approximate surface area is 509 Å². The zero-order valence-electron chi connectivity index (χ0n) is 51.0. The minimum Gasteiger partial charge on any atom is -0.479 e. The number of ether oxygens (including phenoxy) is 10. The summed E-state index contributed by atoms with van der Waals surface area (Å²) in [4.78, 5) is 53.4. The first kappa shape index (κ1) is 69.1.